The molecule has 0 aromatic carbocycles. The molecule has 2 heterocycles. The molecule has 0 atom stereocenters. The largest absolute Gasteiger partial charge is 0.534 e. The van der Waals surface area contributed by atoms with Gasteiger partial charge in [-0.3, -0.25) is 0 Å². The van der Waals surface area contributed by atoms with Gasteiger partial charge in [0.15, 0.2) is 5.65 Å². The summed E-state index contributed by atoms with van der Waals surface area (Å²) in [6, 6.07) is 2.34. The second-order valence-corrected chi connectivity index (χ2v) is 4.42. The van der Waals surface area contributed by atoms with E-state index >= 15 is 0 Å². The van der Waals surface area contributed by atoms with E-state index in [4.69, 9.17) is 0 Å². The van der Waals surface area contributed by atoms with Crippen molar-refractivity contribution in [1.29, 1.82) is 0 Å². The van der Waals surface area contributed by atoms with Gasteiger partial charge < -0.3 is 4.18 Å². The summed E-state index contributed by atoms with van der Waals surface area (Å²) >= 11 is 0. The van der Waals surface area contributed by atoms with Crippen LogP contribution in [0.3, 0.4) is 0 Å². The van der Waals surface area contributed by atoms with Gasteiger partial charge >= 0.3 is 15.6 Å². The Labute approximate surface area is 92.8 Å². The summed E-state index contributed by atoms with van der Waals surface area (Å²) in [5.41, 5.74) is -5.32. The SMILES string of the molecule is O=S(=O)(Oc1ccn2nccc2n1)C(F)(F)F. The van der Waals surface area contributed by atoms with Gasteiger partial charge in [-0.25, -0.2) is 4.52 Å². The average molecular weight is 267 g/mol. The number of hydrogen-bond donors (Lipinski definition) is 0. The molecule has 0 fully saturated rings. The summed E-state index contributed by atoms with van der Waals surface area (Å²) in [6.45, 7) is 0. The molecule has 0 saturated carbocycles. The lowest BCUT2D eigenvalue weighted by Crippen LogP contribution is -2.28. The quantitative estimate of drug-likeness (QED) is 0.598. The molecule has 0 aliphatic heterocycles. The molecule has 92 valence electrons. The molecule has 0 saturated heterocycles. The van der Waals surface area contributed by atoms with E-state index < -0.39 is 21.5 Å². The summed E-state index contributed by atoms with van der Waals surface area (Å²) in [6.07, 6.45) is 2.58. The average Bonchev–Trinajstić information content (AvgIpc) is 2.62. The molecule has 17 heavy (non-hydrogen) atoms. The molecule has 0 N–H and O–H groups in total. The molecular formula is C7H4F3N3O3S. The summed E-state index contributed by atoms with van der Waals surface area (Å²) < 4.78 is 62.5. The first-order valence-electron chi connectivity index (χ1n) is 4.11. The smallest absolute Gasteiger partial charge is 0.355 e. The Bertz CT molecular complexity index is 649. The van der Waals surface area contributed by atoms with E-state index in [1.807, 2.05) is 0 Å². The van der Waals surface area contributed by atoms with E-state index in [0.29, 0.717) is 0 Å². The third-order valence-corrected chi connectivity index (χ3v) is 2.67. The lowest BCUT2D eigenvalue weighted by atomic mass is 10.6. The number of rotatable bonds is 2. The van der Waals surface area contributed by atoms with Crippen LogP contribution in [0.25, 0.3) is 5.65 Å². The van der Waals surface area contributed by atoms with E-state index in [1.54, 1.807) is 0 Å². The Kier molecular flexibility index (Phi) is 2.45. The van der Waals surface area contributed by atoms with Gasteiger partial charge in [-0.15, -0.1) is 0 Å². The molecule has 6 nitrogen and oxygen atoms in total. The maximum absolute atomic E-state index is 12.0. The second-order valence-electron chi connectivity index (χ2n) is 2.88. The maximum Gasteiger partial charge on any atom is 0.534 e. The first kappa shape index (κ1) is 11.6. The number of alkyl halides is 3. The molecule has 0 aliphatic carbocycles. The normalized spacial score (nSPS) is 12.9. The number of hydrogen-bond acceptors (Lipinski definition) is 5. The molecule has 0 amide bonds. The van der Waals surface area contributed by atoms with Crippen LogP contribution in [0.4, 0.5) is 13.2 Å². The maximum atomic E-state index is 12.0. The predicted octanol–water partition coefficient (Wildman–Crippen LogP) is 0.958. The molecule has 10 heteroatoms. The van der Waals surface area contributed by atoms with Gasteiger partial charge in [0.2, 0.25) is 5.88 Å². The minimum absolute atomic E-state index is 0.167. The fraction of sp³-hybridized carbons (Fsp3) is 0.143. The Balaban J connectivity index is 2.36. The van der Waals surface area contributed by atoms with Crippen LogP contribution in [-0.2, 0) is 10.1 Å². The van der Waals surface area contributed by atoms with Gasteiger partial charge in [-0.2, -0.15) is 31.7 Å². The van der Waals surface area contributed by atoms with E-state index in [1.165, 1.54) is 23.0 Å². The van der Waals surface area contributed by atoms with Gasteiger partial charge in [-0.05, 0) is 0 Å². The summed E-state index contributed by atoms with van der Waals surface area (Å²) in [5.74, 6) is -0.671. The first-order valence-corrected chi connectivity index (χ1v) is 5.51. The zero-order chi connectivity index (χ0) is 12.7. The van der Waals surface area contributed by atoms with Crippen LogP contribution in [0.2, 0.25) is 0 Å². The third kappa shape index (κ3) is 2.16. The Morgan fingerprint density at radius 2 is 2.00 bits per heavy atom. The van der Waals surface area contributed by atoms with Crippen molar-refractivity contribution in [3.63, 3.8) is 0 Å². The highest BCUT2D eigenvalue weighted by Crippen LogP contribution is 2.25. The van der Waals surface area contributed by atoms with Crippen molar-refractivity contribution in [3.05, 3.63) is 24.5 Å². The van der Waals surface area contributed by atoms with Gasteiger partial charge in [0, 0.05) is 18.3 Å². The van der Waals surface area contributed by atoms with Gasteiger partial charge in [0.25, 0.3) is 0 Å². The molecule has 0 radical (unpaired) electrons. The zero-order valence-electron chi connectivity index (χ0n) is 7.92. The minimum Gasteiger partial charge on any atom is -0.355 e. The van der Waals surface area contributed by atoms with Crippen LogP contribution >= 0.6 is 0 Å². The highest BCUT2D eigenvalue weighted by molar-refractivity contribution is 7.87. The second kappa shape index (κ2) is 3.58. The Hall–Kier alpha value is -1.84. The number of nitrogens with zero attached hydrogens (tertiary/aromatic N) is 3. The third-order valence-electron chi connectivity index (χ3n) is 1.71. The lowest BCUT2D eigenvalue weighted by Gasteiger charge is -2.08. The van der Waals surface area contributed by atoms with Crippen LogP contribution in [0, 0.1) is 0 Å². The fourth-order valence-electron chi connectivity index (χ4n) is 1.00. The minimum atomic E-state index is -5.69. The molecule has 0 bridgehead atoms. The van der Waals surface area contributed by atoms with Crippen LogP contribution < -0.4 is 4.18 Å². The van der Waals surface area contributed by atoms with E-state index in [2.05, 4.69) is 14.3 Å². The van der Waals surface area contributed by atoms with Crippen molar-refractivity contribution < 1.29 is 25.8 Å². The Morgan fingerprint density at radius 1 is 1.29 bits per heavy atom. The van der Waals surface area contributed by atoms with E-state index in [-0.39, 0.29) is 5.65 Å². The molecule has 0 aliphatic rings. The first-order chi connectivity index (χ1) is 7.79. The predicted molar refractivity (Wildman–Crippen MR) is 48.6 cm³/mol. The van der Waals surface area contributed by atoms with Crippen molar-refractivity contribution in [2.24, 2.45) is 0 Å². The molecule has 0 spiro atoms. The molecule has 2 aromatic heterocycles. The van der Waals surface area contributed by atoms with Crippen LogP contribution in [0.15, 0.2) is 24.5 Å². The van der Waals surface area contributed by atoms with Crippen LogP contribution in [-0.4, -0.2) is 28.5 Å². The van der Waals surface area contributed by atoms with Crippen molar-refractivity contribution in [2.75, 3.05) is 0 Å². The Morgan fingerprint density at radius 3 is 2.65 bits per heavy atom. The molecular weight excluding hydrogens is 263 g/mol. The van der Waals surface area contributed by atoms with Gasteiger partial charge in [0.1, 0.15) is 0 Å². The summed E-state index contributed by atoms with van der Waals surface area (Å²) in [5, 5.41) is 3.73. The van der Waals surface area contributed by atoms with Crippen molar-refractivity contribution in [1.82, 2.24) is 14.6 Å². The standard InChI is InChI=1S/C7H4F3N3O3S/c8-7(9,10)17(14,15)16-6-2-4-13-5(12-6)1-3-11-13/h1-4H. The number of halogens is 3. The molecule has 2 aromatic rings. The summed E-state index contributed by atoms with van der Waals surface area (Å²) in [7, 11) is -5.69. The topological polar surface area (TPSA) is 73.6 Å². The highest BCUT2D eigenvalue weighted by atomic mass is 32.2. The number of fused-ring (bicyclic) bond motifs is 1. The van der Waals surface area contributed by atoms with Crippen molar-refractivity contribution in [3.8, 4) is 5.88 Å². The molecule has 0 unspecified atom stereocenters. The lowest BCUT2D eigenvalue weighted by molar-refractivity contribution is -0.0501. The van der Waals surface area contributed by atoms with Crippen LogP contribution in [0.5, 0.6) is 5.88 Å². The highest BCUT2D eigenvalue weighted by Gasteiger charge is 2.48. The van der Waals surface area contributed by atoms with Crippen molar-refractivity contribution >= 4 is 15.8 Å². The summed E-state index contributed by atoms with van der Waals surface area (Å²) in [4.78, 5) is 3.53. The van der Waals surface area contributed by atoms with Crippen LogP contribution in [0.1, 0.15) is 0 Å². The zero-order valence-corrected chi connectivity index (χ0v) is 8.73. The van der Waals surface area contributed by atoms with E-state index in [0.717, 1.165) is 6.07 Å². The monoisotopic (exact) mass is 267 g/mol. The van der Waals surface area contributed by atoms with E-state index in [9.17, 15) is 21.6 Å². The fourth-order valence-corrected chi connectivity index (χ4v) is 1.41. The van der Waals surface area contributed by atoms with Crippen molar-refractivity contribution in [2.45, 2.75) is 5.51 Å². The number of aromatic nitrogens is 3. The van der Waals surface area contributed by atoms with Gasteiger partial charge in [0.05, 0.1) is 6.20 Å². The molecule has 2 rings (SSSR count). The van der Waals surface area contributed by atoms with Gasteiger partial charge in [-0.1, -0.05) is 0 Å².